The third kappa shape index (κ3) is 10.9. The minimum atomic E-state index is -0.665. The van der Waals surface area contributed by atoms with E-state index < -0.39 is 16.8 Å². The average Bonchev–Trinajstić information content (AvgIpc) is 1.70. The lowest BCUT2D eigenvalue weighted by Gasteiger charge is -2.60. The summed E-state index contributed by atoms with van der Waals surface area (Å²) in [6.07, 6.45) is 21.2. The summed E-state index contributed by atoms with van der Waals surface area (Å²) in [6.45, 7) is 26.8. The molecule has 6 unspecified atom stereocenters. The van der Waals surface area contributed by atoms with Crippen LogP contribution in [0.3, 0.4) is 0 Å². The van der Waals surface area contributed by atoms with Crippen molar-refractivity contribution in [1.82, 2.24) is 57.3 Å². The van der Waals surface area contributed by atoms with E-state index >= 15 is 0 Å². The number of hydrogen-bond donors (Lipinski definition) is 6. The third-order valence-electron chi connectivity index (χ3n) is 23.3. The second-order valence-electron chi connectivity index (χ2n) is 30.5. The minimum Gasteiger partial charge on any atom is -0.399 e. The molecular weight excluding hydrogens is 1250 g/mol. The number of nitrogen functional groups attached to an aromatic ring is 1. The Hall–Kier alpha value is -9.25. The molecule has 6 heterocycles. The van der Waals surface area contributed by atoms with Crippen LogP contribution in [0.5, 0.6) is 0 Å². The summed E-state index contributed by atoms with van der Waals surface area (Å²) >= 11 is 5.99. The van der Waals surface area contributed by atoms with Crippen LogP contribution in [-0.4, -0.2) is 89.4 Å². The summed E-state index contributed by atoms with van der Waals surface area (Å²) < 4.78 is 10.4. The summed E-state index contributed by atoms with van der Waals surface area (Å²) in [4.78, 5) is 76.9. The van der Waals surface area contributed by atoms with Crippen LogP contribution in [0, 0.1) is 76.0 Å². The molecule has 6 aromatic heterocycles. The van der Waals surface area contributed by atoms with Crippen molar-refractivity contribution >= 4 is 91.1 Å². The molecule has 7 N–H and O–H groups in total. The number of fused-ring (bicyclic) bond motifs is 3. The van der Waals surface area contributed by atoms with Crippen LogP contribution in [0.2, 0.25) is 5.28 Å². The number of aryl methyl sites for hydroxylation is 6. The maximum absolute atomic E-state index is 13.4. The number of hydrogen-bond acceptors (Lipinski definition) is 15. The number of nitrogens with zero attached hydrogens (tertiary/aromatic N) is 15. The number of nitrogens with one attached hydrogen (secondary N) is 2. The van der Waals surface area contributed by atoms with Gasteiger partial charge < -0.3 is 31.7 Å². The molecule has 0 amide bonds. The van der Waals surface area contributed by atoms with Gasteiger partial charge in [0, 0.05) is 38.2 Å². The number of aliphatic hydroxyl groups is 3. The van der Waals surface area contributed by atoms with Crippen LogP contribution in [-0.2, 0) is 37.8 Å². The Kier molecular flexibility index (Phi) is 15.1. The normalized spacial score (nSPS) is 30.2. The molecule has 9 aromatic rings. The Morgan fingerprint density at radius 2 is 0.784 bits per heavy atom. The van der Waals surface area contributed by atoms with Crippen LogP contribution < -0.4 is 33.4 Å². The van der Waals surface area contributed by atoms with E-state index in [1.807, 2.05) is 58.7 Å². The lowest BCUT2D eigenvalue weighted by molar-refractivity contribution is -0.156. The topological polar surface area (TPSA) is 282 Å². The summed E-state index contributed by atoms with van der Waals surface area (Å²) in [7, 11) is 5.27. The maximum atomic E-state index is 13.4. The van der Waals surface area contributed by atoms with E-state index in [2.05, 4.69) is 45.1 Å². The van der Waals surface area contributed by atoms with Crippen molar-refractivity contribution in [3.63, 3.8) is 0 Å². The van der Waals surface area contributed by atoms with Crippen LogP contribution >= 0.6 is 11.6 Å². The van der Waals surface area contributed by atoms with Gasteiger partial charge in [-0.3, -0.25) is 27.4 Å². The number of anilines is 5. The van der Waals surface area contributed by atoms with Gasteiger partial charge in [0.1, 0.15) is 16.6 Å². The molecule has 3 aromatic carbocycles. The SMILES string of the molecule is Cn1c(=O)n(C23CC4CC(CC(O)(C4)C2)C3)c2nc(Cl)ncc21.[C-]#[N+]c1ccc(N)c(C)c1.[C-]#[N+]c1ccc(Nc2ncc3c(n2)n(C24CC5CC(CC(O)(C5)C2)C4)c(=O)n3C)c(C)c1.[C-]#[N+]c1ccc(Nc2ncc3c(n2)n(C24CC5CC(CC(O)(C5)C2)C4)c(=O)n3C)c(C)c1. The van der Waals surface area contributed by atoms with Gasteiger partial charge in [-0.1, -0.05) is 36.4 Å². The second kappa shape index (κ2) is 22.9. The van der Waals surface area contributed by atoms with Crippen LogP contribution in [0.1, 0.15) is 132 Å². The molecule has 12 fully saturated rings. The quantitative estimate of drug-likeness (QED) is 0.0491. The Morgan fingerprint density at radius 3 is 1.09 bits per heavy atom. The number of aromatic nitrogens is 12. The standard InChI is InChI=1S/2C24H26N6O2.C16H19ClN4O2.C8H8N2/c2*1-14-6-17(25-2)4-5-18(14)27-21-26-12-19-20(28-21)30(22(31)29(19)3)23-8-15-7-16(9-23)11-24(32,10-15)13-23;1-20-11-7-18-13(17)19-12(11)21(14(20)22)15-3-9-2-10(4-15)6-16(23,5-9)8-15;1-6-5-7(10-2)3-4-8(6)9/h2*4-6,12,15-16,32H,7-11,13H2,1,3H3,(H,26,27,28);7,9-10,23H,2-6,8H2,1H3;3-5H,9H2,1H3. The van der Waals surface area contributed by atoms with E-state index in [0.717, 1.165) is 124 Å². The smallest absolute Gasteiger partial charge is 0.330 e. The van der Waals surface area contributed by atoms with E-state index in [9.17, 15) is 29.7 Å². The van der Waals surface area contributed by atoms with Crippen molar-refractivity contribution in [2.45, 2.75) is 170 Å². The highest BCUT2D eigenvalue weighted by Crippen LogP contribution is 2.63. The molecule has 0 aliphatic heterocycles. The molecule has 97 heavy (non-hydrogen) atoms. The van der Waals surface area contributed by atoms with Gasteiger partial charge >= 0.3 is 17.1 Å². The minimum absolute atomic E-state index is 0.0814. The molecule has 12 aliphatic carbocycles. The fraction of sp³-hybridized carbons (Fsp3) is 0.500. The first-order chi connectivity index (χ1) is 46.2. The van der Waals surface area contributed by atoms with E-state index in [-0.39, 0.29) is 39.0 Å². The molecule has 24 nitrogen and oxygen atoms in total. The molecule has 500 valence electrons. The van der Waals surface area contributed by atoms with Crippen LogP contribution in [0.4, 0.5) is 46.0 Å². The molecule has 12 bridgehead atoms. The number of rotatable bonds is 7. The number of nitrogens with two attached hydrogens (primary N) is 1. The maximum Gasteiger partial charge on any atom is 0.330 e. The van der Waals surface area contributed by atoms with Crippen molar-refractivity contribution in [1.29, 1.82) is 0 Å². The molecule has 12 aliphatic rings. The molecule has 12 saturated carbocycles. The highest BCUT2D eigenvalue weighted by molar-refractivity contribution is 6.28. The molecule has 6 atom stereocenters. The number of imidazole rings is 3. The largest absolute Gasteiger partial charge is 0.399 e. The van der Waals surface area contributed by atoms with Gasteiger partial charge in [-0.2, -0.15) is 15.0 Å². The fourth-order valence-corrected chi connectivity index (χ4v) is 20.8. The first-order valence-electron chi connectivity index (χ1n) is 33.6. The van der Waals surface area contributed by atoms with Gasteiger partial charge in [0.05, 0.1) is 71.7 Å². The van der Waals surface area contributed by atoms with E-state index in [0.29, 0.717) is 117 Å². The van der Waals surface area contributed by atoms with Gasteiger partial charge in [-0.05, 0) is 218 Å². The number of halogens is 1. The zero-order chi connectivity index (χ0) is 68.0. The second-order valence-corrected chi connectivity index (χ2v) is 30.9. The van der Waals surface area contributed by atoms with E-state index in [1.54, 1.807) is 83.8 Å². The van der Waals surface area contributed by atoms with Crippen LogP contribution in [0.25, 0.3) is 48.0 Å². The third-order valence-corrected chi connectivity index (χ3v) is 23.5. The highest BCUT2D eigenvalue weighted by Gasteiger charge is 2.62. The first-order valence-corrected chi connectivity index (χ1v) is 34.0. The Balaban J connectivity index is 0.000000112. The van der Waals surface area contributed by atoms with Gasteiger partial charge in [0.15, 0.2) is 34.0 Å². The molecule has 25 heteroatoms. The lowest BCUT2D eigenvalue weighted by atomic mass is 9.51. The average molecular weight is 1330 g/mol. The van der Waals surface area contributed by atoms with Crippen molar-refractivity contribution in [3.8, 4) is 0 Å². The fourth-order valence-electron chi connectivity index (χ4n) is 20.7. The zero-order valence-electron chi connectivity index (χ0n) is 55.4. The van der Waals surface area contributed by atoms with Gasteiger partial charge in [-0.25, -0.2) is 43.9 Å². The predicted octanol–water partition coefficient (Wildman–Crippen LogP) is 11.5. The Morgan fingerprint density at radius 1 is 0.474 bits per heavy atom. The van der Waals surface area contributed by atoms with E-state index in [4.69, 9.17) is 47.0 Å². The highest BCUT2D eigenvalue weighted by atomic mass is 35.5. The van der Waals surface area contributed by atoms with Gasteiger partial charge in [0.2, 0.25) is 17.2 Å². The molecule has 0 saturated heterocycles. The van der Waals surface area contributed by atoms with Gasteiger partial charge in [0.25, 0.3) is 0 Å². The molecular formula is C72H79ClN18O6. The monoisotopic (exact) mass is 1330 g/mol. The van der Waals surface area contributed by atoms with Crippen LogP contribution in [0.15, 0.2) is 87.6 Å². The molecule has 0 radical (unpaired) electrons. The van der Waals surface area contributed by atoms with Crippen molar-refractivity contribution in [3.05, 3.63) is 161 Å². The summed E-state index contributed by atoms with van der Waals surface area (Å²) in [5, 5.41) is 40.1. The summed E-state index contributed by atoms with van der Waals surface area (Å²) in [6, 6.07) is 16.1. The molecule has 21 rings (SSSR count). The molecule has 0 spiro atoms. The summed E-state index contributed by atoms with van der Waals surface area (Å²) in [5.41, 5.74) is 13.2. The van der Waals surface area contributed by atoms with Crippen molar-refractivity contribution < 1.29 is 15.3 Å². The van der Waals surface area contributed by atoms with E-state index in [1.165, 1.54) is 6.42 Å². The summed E-state index contributed by atoms with van der Waals surface area (Å²) in [5.74, 6) is 3.69. The van der Waals surface area contributed by atoms with Crippen molar-refractivity contribution in [2.24, 2.45) is 56.7 Å². The first kappa shape index (κ1) is 63.8. The predicted molar refractivity (Wildman–Crippen MR) is 369 cm³/mol. The van der Waals surface area contributed by atoms with Gasteiger partial charge in [-0.15, -0.1) is 0 Å². The lowest BCUT2D eigenvalue weighted by Crippen LogP contribution is -2.61. The number of benzene rings is 3. The zero-order valence-corrected chi connectivity index (χ0v) is 56.1. The van der Waals surface area contributed by atoms with Crippen molar-refractivity contribution in [2.75, 3.05) is 16.4 Å². The Bertz CT molecular complexity index is 4820. The Labute approximate surface area is 564 Å².